The molecule has 6 nitrogen and oxygen atoms in total. The van der Waals surface area contributed by atoms with E-state index in [9.17, 15) is 15.2 Å². The van der Waals surface area contributed by atoms with E-state index in [-0.39, 0.29) is 23.7 Å². The maximum Gasteiger partial charge on any atom is 0.281 e. The lowest BCUT2D eigenvalue weighted by atomic mass is 10.1. The zero-order valence-electron chi connectivity index (χ0n) is 15.8. The molecule has 1 heterocycles. The van der Waals surface area contributed by atoms with Crippen LogP contribution in [0.5, 0.6) is 5.88 Å². The van der Waals surface area contributed by atoms with Gasteiger partial charge in [-0.05, 0) is 30.5 Å². The first-order valence-electron chi connectivity index (χ1n) is 8.96. The SMILES string of the molecule is CCc1ccccc1N=Nc1c(C)c(C#N)c(O)n(Cc2ccccc2)c1=O. The molecule has 0 aliphatic heterocycles. The van der Waals surface area contributed by atoms with Crippen molar-refractivity contribution in [3.8, 4) is 11.9 Å². The molecule has 1 aromatic heterocycles. The second kappa shape index (κ2) is 8.31. The number of aromatic nitrogens is 1. The van der Waals surface area contributed by atoms with Crippen molar-refractivity contribution in [1.29, 1.82) is 5.26 Å². The van der Waals surface area contributed by atoms with Crippen LogP contribution in [0.1, 0.15) is 29.2 Å². The largest absolute Gasteiger partial charge is 0.493 e. The molecule has 0 radical (unpaired) electrons. The molecule has 0 spiro atoms. The topological polar surface area (TPSA) is 90.7 Å². The fourth-order valence-corrected chi connectivity index (χ4v) is 2.98. The molecular formula is C22H20N4O2. The van der Waals surface area contributed by atoms with Crippen LogP contribution in [0, 0.1) is 18.3 Å². The molecule has 2 aromatic carbocycles. The number of nitrogens with zero attached hydrogens (tertiary/aromatic N) is 4. The number of aromatic hydroxyl groups is 1. The highest BCUT2D eigenvalue weighted by Gasteiger charge is 2.19. The minimum atomic E-state index is -0.490. The first-order valence-corrected chi connectivity index (χ1v) is 8.96. The van der Waals surface area contributed by atoms with Gasteiger partial charge >= 0.3 is 0 Å². The van der Waals surface area contributed by atoms with Crippen molar-refractivity contribution in [3.63, 3.8) is 0 Å². The molecule has 0 atom stereocenters. The summed E-state index contributed by atoms with van der Waals surface area (Å²) in [6.45, 7) is 3.74. The fourth-order valence-electron chi connectivity index (χ4n) is 2.98. The first-order chi connectivity index (χ1) is 13.6. The highest BCUT2D eigenvalue weighted by atomic mass is 16.3. The average Bonchev–Trinajstić information content (AvgIpc) is 2.72. The highest BCUT2D eigenvalue weighted by molar-refractivity contribution is 5.57. The minimum Gasteiger partial charge on any atom is -0.493 e. The van der Waals surface area contributed by atoms with E-state index in [1.54, 1.807) is 6.92 Å². The van der Waals surface area contributed by atoms with Crippen LogP contribution in [0.15, 0.2) is 69.6 Å². The molecule has 1 N–H and O–H groups in total. The van der Waals surface area contributed by atoms with Gasteiger partial charge in [-0.25, -0.2) is 0 Å². The minimum absolute atomic E-state index is 0.0215. The van der Waals surface area contributed by atoms with Crippen LogP contribution < -0.4 is 5.56 Å². The molecule has 0 unspecified atom stereocenters. The molecule has 0 aliphatic carbocycles. The van der Waals surface area contributed by atoms with Crippen molar-refractivity contribution in [2.75, 3.05) is 0 Å². The van der Waals surface area contributed by atoms with E-state index in [0.717, 1.165) is 22.1 Å². The van der Waals surface area contributed by atoms with Gasteiger partial charge in [0.05, 0.1) is 12.2 Å². The third kappa shape index (κ3) is 3.69. The summed E-state index contributed by atoms with van der Waals surface area (Å²) in [6, 6.07) is 18.8. The van der Waals surface area contributed by atoms with Gasteiger partial charge in [0.15, 0.2) is 5.69 Å². The Morgan fingerprint density at radius 2 is 1.75 bits per heavy atom. The summed E-state index contributed by atoms with van der Waals surface area (Å²) in [4.78, 5) is 13.0. The summed E-state index contributed by atoms with van der Waals surface area (Å²) < 4.78 is 1.15. The van der Waals surface area contributed by atoms with E-state index in [2.05, 4.69) is 10.2 Å². The molecule has 140 valence electrons. The van der Waals surface area contributed by atoms with Gasteiger partial charge in [0.2, 0.25) is 5.88 Å². The monoisotopic (exact) mass is 372 g/mol. The molecule has 28 heavy (non-hydrogen) atoms. The molecule has 0 bridgehead atoms. The number of azo groups is 1. The third-order valence-electron chi connectivity index (χ3n) is 4.58. The van der Waals surface area contributed by atoms with Gasteiger partial charge in [0.1, 0.15) is 11.6 Å². The van der Waals surface area contributed by atoms with Crippen molar-refractivity contribution < 1.29 is 5.11 Å². The Labute approximate surface area is 163 Å². The van der Waals surface area contributed by atoms with Crippen molar-refractivity contribution in [2.24, 2.45) is 10.2 Å². The zero-order valence-corrected chi connectivity index (χ0v) is 15.8. The molecule has 0 saturated carbocycles. The molecule has 6 heteroatoms. The summed E-state index contributed by atoms with van der Waals surface area (Å²) in [5, 5.41) is 28.4. The lowest BCUT2D eigenvalue weighted by Crippen LogP contribution is -2.22. The van der Waals surface area contributed by atoms with E-state index >= 15 is 0 Å². The summed E-state index contributed by atoms with van der Waals surface area (Å²) in [6.07, 6.45) is 0.783. The van der Waals surface area contributed by atoms with E-state index < -0.39 is 5.56 Å². The zero-order chi connectivity index (χ0) is 20.1. The van der Waals surface area contributed by atoms with Crippen LogP contribution in [-0.2, 0) is 13.0 Å². The molecule has 0 fully saturated rings. The highest BCUT2D eigenvalue weighted by Crippen LogP contribution is 2.28. The normalized spacial score (nSPS) is 10.9. The number of hydrogen-bond acceptors (Lipinski definition) is 5. The van der Waals surface area contributed by atoms with Crippen molar-refractivity contribution in [2.45, 2.75) is 26.8 Å². The fraction of sp³-hybridized carbons (Fsp3) is 0.182. The van der Waals surface area contributed by atoms with Gasteiger partial charge in [-0.3, -0.25) is 9.36 Å². The van der Waals surface area contributed by atoms with E-state index in [1.807, 2.05) is 67.6 Å². The summed E-state index contributed by atoms with van der Waals surface area (Å²) in [7, 11) is 0. The predicted octanol–water partition coefficient (Wildman–Crippen LogP) is 4.76. The Morgan fingerprint density at radius 3 is 2.43 bits per heavy atom. The molecule has 0 amide bonds. The molecular weight excluding hydrogens is 352 g/mol. The second-order valence-electron chi connectivity index (χ2n) is 6.34. The van der Waals surface area contributed by atoms with Crippen LogP contribution in [0.4, 0.5) is 11.4 Å². The summed E-state index contributed by atoms with van der Waals surface area (Å²) >= 11 is 0. The van der Waals surface area contributed by atoms with Gasteiger partial charge in [0.25, 0.3) is 5.56 Å². The van der Waals surface area contributed by atoms with Crippen molar-refractivity contribution in [3.05, 3.63) is 87.2 Å². The number of rotatable bonds is 5. The quantitative estimate of drug-likeness (QED) is 0.655. The standard InChI is InChI=1S/C22H20N4O2/c1-3-17-11-7-8-12-19(17)24-25-20-15(2)18(13-23)21(27)26(22(20)28)14-16-9-5-4-6-10-16/h4-12,27H,3,14H2,1-2H3. The van der Waals surface area contributed by atoms with E-state index in [4.69, 9.17) is 0 Å². The maximum atomic E-state index is 13.0. The third-order valence-corrected chi connectivity index (χ3v) is 4.58. The van der Waals surface area contributed by atoms with Gasteiger partial charge in [-0.15, -0.1) is 5.11 Å². The summed E-state index contributed by atoms with van der Waals surface area (Å²) in [5.41, 5.74) is 2.40. The average molecular weight is 372 g/mol. The van der Waals surface area contributed by atoms with E-state index in [1.165, 1.54) is 0 Å². The molecule has 3 aromatic rings. The molecule has 3 rings (SSSR count). The Morgan fingerprint density at radius 1 is 1.07 bits per heavy atom. The first kappa shape index (κ1) is 19.1. The number of hydrogen-bond donors (Lipinski definition) is 1. The van der Waals surface area contributed by atoms with Crippen LogP contribution in [0.25, 0.3) is 0 Å². The Bertz CT molecular complexity index is 1130. The Hall–Kier alpha value is -3.72. The lowest BCUT2D eigenvalue weighted by molar-refractivity contribution is 0.412. The smallest absolute Gasteiger partial charge is 0.281 e. The van der Waals surface area contributed by atoms with Crippen LogP contribution in [0.3, 0.4) is 0 Å². The maximum absolute atomic E-state index is 13.0. The molecule has 0 aliphatic rings. The number of pyridine rings is 1. The van der Waals surface area contributed by atoms with Gasteiger partial charge in [-0.1, -0.05) is 55.5 Å². The van der Waals surface area contributed by atoms with Crippen molar-refractivity contribution in [1.82, 2.24) is 4.57 Å². The van der Waals surface area contributed by atoms with Crippen molar-refractivity contribution >= 4 is 11.4 Å². The number of aryl methyl sites for hydroxylation is 1. The van der Waals surface area contributed by atoms with Gasteiger partial charge < -0.3 is 5.11 Å². The Kier molecular flexibility index (Phi) is 5.66. The predicted molar refractivity (Wildman–Crippen MR) is 107 cm³/mol. The lowest BCUT2D eigenvalue weighted by Gasteiger charge is -2.13. The molecule has 0 saturated heterocycles. The second-order valence-corrected chi connectivity index (χ2v) is 6.34. The number of nitriles is 1. The van der Waals surface area contributed by atoms with Gasteiger partial charge in [-0.2, -0.15) is 10.4 Å². The Balaban J connectivity index is 2.13. The van der Waals surface area contributed by atoms with Crippen LogP contribution in [-0.4, -0.2) is 9.67 Å². The van der Waals surface area contributed by atoms with Crippen LogP contribution in [0.2, 0.25) is 0 Å². The van der Waals surface area contributed by atoms with Crippen LogP contribution >= 0.6 is 0 Å². The van der Waals surface area contributed by atoms with Gasteiger partial charge in [0, 0.05) is 5.56 Å². The summed E-state index contributed by atoms with van der Waals surface area (Å²) in [5.74, 6) is -0.359. The number of benzene rings is 2. The van der Waals surface area contributed by atoms with E-state index in [0.29, 0.717) is 11.3 Å².